The van der Waals surface area contributed by atoms with Gasteiger partial charge in [-0.2, -0.15) is 5.26 Å². The number of nitrogens with zero attached hydrogens (tertiary/aromatic N) is 1. The summed E-state index contributed by atoms with van der Waals surface area (Å²) in [7, 11) is 1.59. The maximum atomic E-state index is 9.04. The number of methoxy groups -OCH3 is 1. The van der Waals surface area contributed by atoms with Gasteiger partial charge in [0.05, 0.1) is 18.7 Å². The smallest absolute Gasteiger partial charge is 0.161 e. The summed E-state index contributed by atoms with van der Waals surface area (Å²) in [6, 6.07) is 15.1. The number of nitriles is 1. The number of halogens is 1. The van der Waals surface area contributed by atoms with E-state index in [1.54, 1.807) is 13.2 Å². The van der Waals surface area contributed by atoms with Crippen molar-refractivity contribution in [3.8, 4) is 17.6 Å². The molecule has 0 aromatic heterocycles. The van der Waals surface area contributed by atoms with E-state index >= 15 is 0 Å². The quantitative estimate of drug-likeness (QED) is 0.784. The largest absolute Gasteiger partial charge is 0.493 e. The molecule has 102 valence electrons. The SMILES string of the molecule is COc1cc(CCl)ccc1OCc1ccccc1C#N. The first-order valence-electron chi connectivity index (χ1n) is 6.12. The molecule has 0 unspecified atom stereocenters. The Labute approximate surface area is 123 Å². The number of ether oxygens (including phenoxy) is 2. The van der Waals surface area contributed by atoms with Gasteiger partial charge < -0.3 is 9.47 Å². The third-order valence-corrected chi connectivity index (χ3v) is 3.21. The molecule has 4 heteroatoms. The maximum absolute atomic E-state index is 9.04. The Balaban J connectivity index is 2.17. The van der Waals surface area contributed by atoms with E-state index in [2.05, 4.69) is 6.07 Å². The van der Waals surface area contributed by atoms with Crippen LogP contribution in [0.25, 0.3) is 0 Å². The van der Waals surface area contributed by atoms with Crippen molar-refractivity contribution in [2.45, 2.75) is 12.5 Å². The highest BCUT2D eigenvalue weighted by molar-refractivity contribution is 6.17. The van der Waals surface area contributed by atoms with Gasteiger partial charge in [0.2, 0.25) is 0 Å². The van der Waals surface area contributed by atoms with E-state index in [-0.39, 0.29) is 0 Å². The number of hydrogen-bond acceptors (Lipinski definition) is 3. The normalized spacial score (nSPS) is 9.85. The van der Waals surface area contributed by atoms with Crippen molar-refractivity contribution in [1.29, 1.82) is 5.26 Å². The zero-order valence-corrected chi connectivity index (χ0v) is 11.9. The predicted molar refractivity (Wildman–Crippen MR) is 78.0 cm³/mol. The lowest BCUT2D eigenvalue weighted by atomic mass is 10.1. The van der Waals surface area contributed by atoms with Gasteiger partial charge in [-0.15, -0.1) is 11.6 Å². The lowest BCUT2D eigenvalue weighted by Crippen LogP contribution is -2.00. The summed E-state index contributed by atoms with van der Waals surface area (Å²) in [4.78, 5) is 0. The Bertz CT molecular complexity index is 635. The van der Waals surface area contributed by atoms with Gasteiger partial charge >= 0.3 is 0 Å². The second kappa shape index (κ2) is 6.83. The van der Waals surface area contributed by atoms with E-state index < -0.39 is 0 Å². The minimum absolute atomic E-state index is 0.320. The fourth-order valence-corrected chi connectivity index (χ4v) is 1.99. The van der Waals surface area contributed by atoms with Gasteiger partial charge in [-0.3, -0.25) is 0 Å². The molecule has 2 aromatic carbocycles. The number of hydrogen-bond donors (Lipinski definition) is 0. The van der Waals surface area contributed by atoms with Crippen molar-refractivity contribution in [3.05, 3.63) is 59.2 Å². The molecule has 0 bridgehead atoms. The van der Waals surface area contributed by atoms with Crippen LogP contribution in [0.15, 0.2) is 42.5 Å². The molecule has 0 atom stereocenters. The third kappa shape index (κ3) is 3.23. The molecule has 0 heterocycles. The molecular weight excluding hydrogens is 274 g/mol. The van der Waals surface area contributed by atoms with Gasteiger partial charge in [0.25, 0.3) is 0 Å². The lowest BCUT2D eigenvalue weighted by molar-refractivity contribution is 0.284. The Morgan fingerprint density at radius 1 is 1.15 bits per heavy atom. The molecule has 0 fully saturated rings. The zero-order valence-electron chi connectivity index (χ0n) is 11.1. The summed E-state index contributed by atoms with van der Waals surface area (Å²) < 4.78 is 11.0. The number of benzene rings is 2. The fourth-order valence-electron chi connectivity index (χ4n) is 1.83. The molecule has 0 saturated carbocycles. The van der Waals surface area contributed by atoms with Crippen LogP contribution in [-0.2, 0) is 12.5 Å². The average Bonchev–Trinajstić information content (AvgIpc) is 2.52. The monoisotopic (exact) mass is 287 g/mol. The van der Waals surface area contributed by atoms with Crippen LogP contribution in [0.4, 0.5) is 0 Å². The van der Waals surface area contributed by atoms with E-state index in [0.717, 1.165) is 11.1 Å². The van der Waals surface area contributed by atoms with Crippen LogP contribution < -0.4 is 9.47 Å². The molecule has 0 N–H and O–H groups in total. The lowest BCUT2D eigenvalue weighted by Gasteiger charge is -2.12. The van der Waals surface area contributed by atoms with Gasteiger partial charge in [-0.05, 0) is 23.8 Å². The number of alkyl halides is 1. The predicted octanol–water partition coefficient (Wildman–Crippen LogP) is 3.88. The van der Waals surface area contributed by atoms with Crippen molar-refractivity contribution < 1.29 is 9.47 Å². The minimum atomic E-state index is 0.320. The molecule has 0 aliphatic rings. The van der Waals surface area contributed by atoms with Gasteiger partial charge in [-0.1, -0.05) is 24.3 Å². The van der Waals surface area contributed by atoms with E-state index in [4.69, 9.17) is 26.3 Å². The molecule has 0 spiro atoms. The van der Waals surface area contributed by atoms with E-state index in [9.17, 15) is 0 Å². The molecule has 0 radical (unpaired) electrons. The van der Waals surface area contributed by atoms with Crippen molar-refractivity contribution in [3.63, 3.8) is 0 Å². The van der Waals surface area contributed by atoms with Crippen molar-refractivity contribution in [2.75, 3.05) is 7.11 Å². The Morgan fingerprint density at radius 3 is 2.65 bits per heavy atom. The summed E-state index contributed by atoms with van der Waals surface area (Å²) in [5, 5.41) is 9.04. The van der Waals surface area contributed by atoms with E-state index in [1.165, 1.54) is 0 Å². The van der Waals surface area contributed by atoms with Crippen LogP contribution in [0, 0.1) is 11.3 Å². The van der Waals surface area contributed by atoms with Crippen LogP contribution in [0.1, 0.15) is 16.7 Å². The Morgan fingerprint density at radius 2 is 1.95 bits per heavy atom. The number of rotatable bonds is 5. The average molecular weight is 288 g/mol. The highest BCUT2D eigenvalue weighted by Gasteiger charge is 2.07. The molecule has 20 heavy (non-hydrogen) atoms. The molecule has 3 nitrogen and oxygen atoms in total. The molecule has 0 saturated heterocycles. The summed E-state index contributed by atoms with van der Waals surface area (Å²) in [5.41, 5.74) is 2.43. The van der Waals surface area contributed by atoms with E-state index in [1.807, 2.05) is 36.4 Å². The highest BCUT2D eigenvalue weighted by Crippen LogP contribution is 2.29. The van der Waals surface area contributed by atoms with Gasteiger partial charge in [0, 0.05) is 11.4 Å². The molecule has 2 rings (SSSR count). The van der Waals surface area contributed by atoms with Crippen LogP contribution >= 0.6 is 11.6 Å². The standard InChI is InChI=1S/C16H14ClNO2/c1-19-16-8-12(9-17)6-7-15(16)20-11-14-5-3-2-4-13(14)10-18/h2-8H,9,11H2,1H3. The fraction of sp³-hybridized carbons (Fsp3) is 0.188. The first kappa shape index (κ1) is 14.2. The molecule has 2 aromatic rings. The van der Waals surface area contributed by atoms with Gasteiger partial charge in [0.15, 0.2) is 11.5 Å². The summed E-state index contributed by atoms with van der Waals surface area (Å²) in [6.07, 6.45) is 0. The molecule has 0 aliphatic heterocycles. The van der Waals surface area contributed by atoms with Gasteiger partial charge in [0.1, 0.15) is 6.61 Å². The Hall–Kier alpha value is -2.18. The van der Waals surface area contributed by atoms with Gasteiger partial charge in [-0.25, -0.2) is 0 Å². The maximum Gasteiger partial charge on any atom is 0.161 e. The first-order chi connectivity index (χ1) is 9.78. The van der Waals surface area contributed by atoms with Crippen LogP contribution in [0.2, 0.25) is 0 Å². The summed E-state index contributed by atoms with van der Waals surface area (Å²) in [5.74, 6) is 1.69. The van der Waals surface area contributed by atoms with Crippen LogP contribution in [-0.4, -0.2) is 7.11 Å². The topological polar surface area (TPSA) is 42.2 Å². The summed E-state index contributed by atoms with van der Waals surface area (Å²) in [6.45, 7) is 0.320. The third-order valence-electron chi connectivity index (χ3n) is 2.90. The zero-order chi connectivity index (χ0) is 14.4. The second-order valence-electron chi connectivity index (χ2n) is 4.18. The van der Waals surface area contributed by atoms with Crippen LogP contribution in [0.5, 0.6) is 11.5 Å². The van der Waals surface area contributed by atoms with E-state index in [0.29, 0.717) is 29.5 Å². The first-order valence-corrected chi connectivity index (χ1v) is 6.65. The molecule has 0 amide bonds. The van der Waals surface area contributed by atoms with Crippen molar-refractivity contribution in [1.82, 2.24) is 0 Å². The molecular formula is C16H14ClNO2. The second-order valence-corrected chi connectivity index (χ2v) is 4.44. The summed E-state index contributed by atoms with van der Waals surface area (Å²) >= 11 is 5.79. The Kier molecular flexibility index (Phi) is 4.86. The molecule has 0 aliphatic carbocycles. The van der Waals surface area contributed by atoms with Crippen LogP contribution in [0.3, 0.4) is 0 Å². The van der Waals surface area contributed by atoms with Crippen molar-refractivity contribution in [2.24, 2.45) is 0 Å². The van der Waals surface area contributed by atoms with Crippen molar-refractivity contribution >= 4 is 11.6 Å². The highest BCUT2D eigenvalue weighted by atomic mass is 35.5. The minimum Gasteiger partial charge on any atom is -0.493 e.